The van der Waals surface area contributed by atoms with Crippen LogP contribution in [0.4, 0.5) is 0 Å². The molecule has 0 aliphatic rings. The third-order valence-corrected chi connectivity index (χ3v) is 5.10. The molecule has 0 aromatic heterocycles. The summed E-state index contributed by atoms with van der Waals surface area (Å²) in [5, 5.41) is 3.34. The lowest BCUT2D eigenvalue weighted by Gasteiger charge is -2.23. The molecule has 0 saturated heterocycles. The van der Waals surface area contributed by atoms with Crippen LogP contribution in [0.5, 0.6) is 0 Å². The fourth-order valence-corrected chi connectivity index (χ4v) is 3.44. The smallest absolute Gasteiger partial charge is 0.0577 e. The number of nitrogens with one attached hydrogen (secondary N) is 1. The van der Waals surface area contributed by atoms with E-state index in [4.69, 9.17) is 4.74 Å². The predicted molar refractivity (Wildman–Crippen MR) is 82.0 cm³/mol. The van der Waals surface area contributed by atoms with Crippen molar-refractivity contribution in [3.8, 4) is 0 Å². The van der Waals surface area contributed by atoms with E-state index in [2.05, 4.69) is 36.5 Å². The molecule has 1 aromatic carbocycles. The van der Waals surface area contributed by atoms with Crippen molar-refractivity contribution in [2.24, 2.45) is 0 Å². The summed E-state index contributed by atoms with van der Waals surface area (Å²) in [5.41, 5.74) is 2.52. The van der Waals surface area contributed by atoms with E-state index in [0.717, 1.165) is 6.42 Å². The highest BCUT2D eigenvalue weighted by Crippen LogP contribution is 2.21. The lowest BCUT2D eigenvalue weighted by Crippen LogP contribution is -2.32. The van der Waals surface area contributed by atoms with Crippen molar-refractivity contribution < 1.29 is 8.95 Å². The van der Waals surface area contributed by atoms with Crippen molar-refractivity contribution in [1.82, 2.24) is 5.32 Å². The van der Waals surface area contributed by atoms with Gasteiger partial charge in [-0.1, -0.05) is 31.2 Å². The maximum atomic E-state index is 12.2. The summed E-state index contributed by atoms with van der Waals surface area (Å²) in [5.74, 6) is 0.586. The summed E-state index contributed by atoms with van der Waals surface area (Å²) in [6.07, 6.45) is 1.04. The Labute approximate surface area is 119 Å². The van der Waals surface area contributed by atoms with Crippen molar-refractivity contribution >= 4 is 10.8 Å². The monoisotopic (exact) mass is 283 g/mol. The van der Waals surface area contributed by atoms with Gasteiger partial charge in [-0.2, -0.15) is 0 Å². The van der Waals surface area contributed by atoms with Crippen LogP contribution in [0, 0.1) is 0 Å². The van der Waals surface area contributed by atoms with Gasteiger partial charge in [-0.05, 0) is 31.5 Å². The Morgan fingerprint density at radius 2 is 1.95 bits per heavy atom. The Bertz CT molecular complexity index is 392. The first-order valence-electron chi connectivity index (χ1n) is 6.76. The minimum atomic E-state index is -0.890. The molecule has 0 spiro atoms. The minimum Gasteiger partial charge on any atom is -0.384 e. The summed E-state index contributed by atoms with van der Waals surface area (Å²) in [6.45, 7) is 4.72. The van der Waals surface area contributed by atoms with Crippen molar-refractivity contribution in [3.05, 3.63) is 35.4 Å². The predicted octanol–water partition coefficient (Wildman–Crippen LogP) is 2.29. The van der Waals surface area contributed by atoms with E-state index in [9.17, 15) is 4.21 Å². The third kappa shape index (κ3) is 4.71. The van der Waals surface area contributed by atoms with Gasteiger partial charge in [0.25, 0.3) is 0 Å². The van der Waals surface area contributed by atoms with Crippen LogP contribution in [0.3, 0.4) is 0 Å². The van der Waals surface area contributed by atoms with Crippen LogP contribution in [-0.4, -0.2) is 36.0 Å². The molecule has 1 rings (SSSR count). The van der Waals surface area contributed by atoms with Crippen LogP contribution in [0.2, 0.25) is 0 Å². The Morgan fingerprint density at radius 3 is 2.42 bits per heavy atom. The lowest BCUT2D eigenvalue weighted by molar-refractivity contribution is 0.217. The molecular formula is C15H25NO2S. The second kappa shape index (κ2) is 8.46. The average Bonchev–Trinajstić information content (AvgIpc) is 2.46. The quantitative estimate of drug-likeness (QED) is 0.795. The summed E-state index contributed by atoms with van der Waals surface area (Å²) in [7, 11) is 2.67. The summed E-state index contributed by atoms with van der Waals surface area (Å²) >= 11 is 0. The van der Waals surface area contributed by atoms with Crippen LogP contribution in [-0.2, 0) is 22.0 Å². The van der Waals surface area contributed by atoms with Crippen molar-refractivity contribution in [3.63, 3.8) is 0 Å². The van der Waals surface area contributed by atoms with Gasteiger partial charge in [-0.15, -0.1) is 0 Å². The van der Waals surface area contributed by atoms with Crippen molar-refractivity contribution in [2.75, 3.05) is 26.5 Å². The van der Waals surface area contributed by atoms with E-state index in [1.165, 1.54) is 11.1 Å². The van der Waals surface area contributed by atoms with Gasteiger partial charge in [-0.25, -0.2) is 0 Å². The normalized spacial score (nSPS) is 16.0. The zero-order chi connectivity index (χ0) is 14.3. The van der Waals surface area contributed by atoms with Gasteiger partial charge in [0, 0.05) is 29.7 Å². The molecule has 0 fully saturated rings. The third-order valence-electron chi connectivity index (χ3n) is 3.43. The van der Waals surface area contributed by atoms with Crippen LogP contribution in [0.25, 0.3) is 0 Å². The molecule has 0 saturated carbocycles. The molecule has 19 heavy (non-hydrogen) atoms. The lowest BCUT2D eigenvalue weighted by atomic mass is 10.0. The van der Waals surface area contributed by atoms with Gasteiger partial charge in [0.15, 0.2) is 0 Å². The van der Waals surface area contributed by atoms with E-state index in [1.807, 2.05) is 14.0 Å². The number of hydrogen-bond donors (Lipinski definition) is 1. The maximum Gasteiger partial charge on any atom is 0.0577 e. The molecule has 0 radical (unpaired) electrons. The Balaban J connectivity index is 2.77. The number of rotatable bonds is 8. The SMILES string of the molecule is CCc1ccc(C(NC)C(C)S(=O)CCOC)cc1. The highest BCUT2D eigenvalue weighted by Gasteiger charge is 2.22. The number of benzene rings is 1. The molecule has 3 atom stereocenters. The van der Waals surface area contributed by atoms with Gasteiger partial charge in [0.2, 0.25) is 0 Å². The fraction of sp³-hybridized carbons (Fsp3) is 0.600. The van der Waals surface area contributed by atoms with E-state index in [0.29, 0.717) is 12.4 Å². The van der Waals surface area contributed by atoms with E-state index in [-0.39, 0.29) is 11.3 Å². The molecule has 0 amide bonds. The summed E-state index contributed by atoms with van der Waals surface area (Å²) in [4.78, 5) is 0. The number of aryl methyl sites for hydroxylation is 1. The number of methoxy groups -OCH3 is 1. The van der Waals surface area contributed by atoms with Gasteiger partial charge in [-0.3, -0.25) is 4.21 Å². The summed E-state index contributed by atoms with van der Waals surface area (Å²) in [6, 6.07) is 8.66. The van der Waals surface area contributed by atoms with E-state index >= 15 is 0 Å². The first-order valence-corrected chi connectivity index (χ1v) is 8.14. The van der Waals surface area contributed by atoms with Gasteiger partial charge >= 0.3 is 0 Å². The molecule has 0 aliphatic carbocycles. The second-order valence-electron chi connectivity index (χ2n) is 4.64. The van der Waals surface area contributed by atoms with Gasteiger partial charge in [0.1, 0.15) is 0 Å². The molecule has 0 bridgehead atoms. The number of hydrogen-bond acceptors (Lipinski definition) is 3. The molecule has 0 heterocycles. The summed E-state index contributed by atoms with van der Waals surface area (Å²) < 4.78 is 17.2. The molecule has 4 heteroatoms. The zero-order valence-electron chi connectivity index (χ0n) is 12.3. The largest absolute Gasteiger partial charge is 0.384 e. The van der Waals surface area contributed by atoms with Crippen molar-refractivity contribution in [2.45, 2.75) is 31.6 Å². The Morgan fingerprint density at radius 1 is 1.32 bits per heavy atom. The van der Waals surface area contributed by atoms with Crippen molar-refractivity contribution in [1.29, 1.82) is 0 Å². The molecule has 0 aliphatic heterocycles. The van der Waals surface area contributed by atoms with Crippen LogP contribution >= 0.6 is 0 Å². The Hall–Kier alpha value is -0.710. The number of ether oxygens (including phenoxy) is 1. The Kier molecular flexibility index (Phi) is 7.28. The molecular weight excluding hydrogens is 258 g/mol. The second-order valence-corrected chi connectivity index (χ2v) is 6.56. The topological polar surface area (TPSA) is 38.3 Å². The highest BCUT2D eigenvalue weighted by molar-refractivity contribution is 7.85. The van der Waals surface area contributed by atoms with Crippen LogP contribution in [0.15, 0.2) is 24.3 Å². The van der Waals surface area contributed by atoms with Crippen LogP contribution in [0.1, 0.15) is 31.0 Å². The average molecular weight is 283 g/mol. The maximum absolute atomic E-state index is 12.2. The van der Waals surface area contributed by atoms with Gasteiger partial charge in [0.05, 0.1) is 11.9 Å². The minimum absolute atomic E-state index is 0.0626. The van der Waals surface area contributed by atoms with Gasteiger partial charge < -0.3 is 10.1 Å². The zero-order valence-corrected chi connectivity index (χ0v) is 13.1. The molecule has 3 unspecified atom stereocenters. The van der Waals surface area contributed by atoms with E-state index < -0.39 is 10.8 Å². The highest BCUT2D eigenvalue weighted by atomic mass is 32.2. The van der Waals surface area contributed by atoms with Crippen LogP contribution < -0.4 is 5.32 Å². The molecule has 1 N–H and O–H groups in total. The molecule has 3 nitrogen and oxygen atoms in total. The standard InChI is InChI=1S/C15H25NO2S/c1-5-13-6-8-14(9-7-13)15(16-3)12(2)19(17)11-10-18-4/h6-9,12,15-16H,5,10-11H2,1-4H3. The molecule has 108 valence electrons. The van der Waals surface area contributed by atoms with E-state index in [1.54, 1.807) is 7.11 Å². The fourth-order valence-electron chi connectivity index (χ4n) is 2.14. The first kappa shape index (κ1) is 16.3. The molecule has 1 aromatic rings. The first-order chi connectivity index (χ1) is 9.13.